The second kappa shape index (κ2) is 6.55. The summed E-state index contributed by atoms with van der Waals surface area (Å²) in [7, 11) is 0. The maximum absolute atomic E-state index is 12.3. The van der Waals surface area contributed by atoms with Crippen molar-refractivity contribution in [3.05, 3.63) is 88.3 Å². The van der Waals surface area contributed by atoms with E-state index in [9.17, 15) is 4.79 Å². The maximum Gasteiger partial charge on any atom is 0.209 e. The lowest BCUT2D eigenvalue weighted by atomic mass is 10.0. The fraction of sp³-hybridized carbons (Fsp3) is 0. The zero-order valence-electron chi connectivity index (χ0n) is 14.6. The van der Waals surface area contributed by atoms with Crippen molar-refractivity contribution in [1.82, 2.24) is 19.9 Å². The number of halogens is 1. The molecule has 0 aliphatic heterocycles. The van der Waals surface area contributed by atoms with Crippen LogP contribution in [0.3, 0.4) is 0 Å². The molecule has 0 fully saturated rings. The second-order valence-electron chi connectivity index (χ2n) is 6.36. The van der Waals surface area contributed by atoms with E-state index in [2.05, 4.69) is 15.0 Å². The van der Waals surface area contributed by atoms with E-state index >= 15 is 0 Å². The topological polar surface area (TPSA) is 71.5 Å². The molecule has 0 atom stereocenters. The quantitative estimate of drug-likeness (QED) is 0.472. The van der Waals surface area contributed by atoms with E-state index in [0.717, 1.165) is 22.0 Å². The predicted octanol–water partition coefficient (Wildman–Crippen LogP) is 4.85. The molecule has 134 valence electrons. The molecule has 0 aliphatic carbocycles. The third-order valence-corrected chi connectivity index (χ3v) is 4.85. The number of benzene rings is 2. The molecule has 0 saturated carbocycles. The molecule has 2 aromatic carbocycles. The molecule has 6 heteroatoms. The Morgan fingerprint density at radius 3 is 2.50 bits per heavy atom. The Labute approximate surface area is 164 Å². The highest BCUT2D eigenvalue weighted by Crippen LogP contribution is 2.34. The van der Waals surface area contributed by atoms with Gasteiger partial charge in [0.25, 0.3) is 0 Å². The fourth-order valence-corrected chi connectivity index (χ4v) is 3.54. The Balaban J connectivity index is 1.88. The van der Waals surface area contributed by atoms with Gasteiger partial charge in [0.15, 0.2) is 11.2 Å². The minimum atomic E-state index is -0.185. The molecule has 1 N–H and O–H groups in total. The van der Waals surface area contributed by atoms with Crippen LogP contribution in [0.25, 0.3) is 44.6 Å². The lowest BCUT2D eigenvalue weighted by Crippen LogP contribution is -2.06. The highest BCUT2D eigenvalue weighted by molar-refractivity contribution is 6.35. The first-order chi connectivity index (χ1) is 13.7. The Bertz CT molecular complexity index is 1400. The highest BCUT2D eigenvalue weighted by atomic mass is 35.5. The summed E-state index contributed by atoms with van der Waals surface area (Å²) in [6, 6.07) is 18.8. The molecular weight excluding hydrogens is 372 g/mol. The van der Waals surface area contributed by atoms with Gasteiger partial charge in [-0.2, -0.15) is 0 Å². The summed E-state index contributed by atoms with van der Waals surface area (Å²) in [5.74, 6) is 0. The van der Waals surface area contributed by atoms with Crippen molar-refractivity contribution in [3.63, 3.8) is 0 Å². The third-order valence-electron chi connectivity index (χ3n) is 4.56. The number of hydrogen-bond acceptors (Lipinski definition) is 4. The number of H-pyrrole nitrogens is 1. The lowest BCUT2D eigenvalue weighted by molar-refractivity contribution is 1.22. The van der Waals surface area contributed by atoms with Crippen LogP contribution in [-0.4, -0.2) is 19.9 Å². The van der Waals surface area contributed by atoms with Crippen LogP contribution in [0.5, 0.6) is 0 Å². The van der Waals surface area contributed by atoms with E-state index in [1.807, 2.05) is 54.6 Å². The van der Waals surface area contributed by atoms with Crippen molar-refractivity contribution in [3.8, 4) is 22.5 Å². The molecule has 0 bridgehead atoms. The molecule has 0 saturated heterocycles. The van der Waals surface area contributed by atoms with Gasteiger partial charge in [-0.15, -0.1) is 0 Å². The third kappa shape index (κ3) is 2.73. The first-order valence-corrected chi connectivity index (χ1v) is 9.08. The van der Waals surface area contributed by atoms with E-state index in [4.69, 9.17) is 16.6 Å². The molecule has 0 aliphatic rings. The molecule has 0 amide bonds. The first-order valence-electron chi connectivity index (χ1n) is 8.70. The lowest BCUT2D eigenvalue weighted by Gasteiger charge is -2.11. The van der Waals surface area contributed by atoms with Crippen molar-refractivity contribution >= 4 is 33.7 Å². The second-order valence-corrected chi connectivity index (χ2v) is 6.77. The SMILES string of the molecule is O=c1cc[nH]c2nc(-c3ccccc3)c(-c3cc(Cl)c4ncccc4c3)nc12. The molecule has 0 radical (unpaired) electrons. The summed E-state index contributed by atoms with van der Waals surface area (Å²) in [5, 5.41) is 1.42. The van der Waals surface area contributed by atoms with Gasteiger partial charge in [0.1, 0.15) is 0 Å². The Morgan fingerprint density at radius 2 is 1.64 bits per heavy atom. The van der Waals surface area contributed by atoms with Crippen LogP contribution in [0, 0.1) is 0 Å². The van der Waals surface area contributed by atoms with Crippen LogP contribution < -0.4 is 5.43 Å². The highest BCUT2D eigenvalue weighted by Gasteiger charge is 2.16. The summed E-state index contributed by atoms with van der Waals surface area (Å²) in [6.45, 7) is 0. The standard InChI is InChI=1S/C22H13ClN4O/c23-16-12-15(11-14-7-4-9-24-18(14)16)20-19(13-5-2-1-3-6-13)27-22-21(26-20)17(28)8-10-25-22/h1-12H,(H,25,27,28). The number of fused-ring (bicyclic) bond motifs is 2. The van der Waals surface area contributed by atoms with Crippen LogP contribution in [0.4, 0.5) is 0 Å². The van der Waals surface area contributed by atoms with Crippen molar-refractivity contribution in [1.29, 1.82) is 0 Å². The molecule has 5 nitrogen and oxygen atoms in total. The monoisotopic (exact) mass is 384 g/mol. The number of nitrogens with one attached hydrogen (secondary N) is 1. The van der Waals surface area contributed by atoms with Crippen LogP contribution in [0.1, 0.15) is 0 Å². The molecule has 0 unspecified atom stereocenters. The molecule has 5 aromatic rings. The number of aromatic amines is 1. The molecule has 5 rings (SSSR count). The van der Waals surface area contributed by atoms with Crippen LogP contribution >= 0.6 is 11.6 Å². The normalized spacial score (nSPS) is 11.2. The maximum atomic E-state index is 12.3. The van der Waals surface area contributed by atoms with Gasteiger partial charge in [-0.1, -0.05) is 48.0 Å². The summed E-state index contributed by atoms with van der Waals surface area (Å²) in [5.41, 5.74) is 4.23. The van der Waals surface area contributed by atoms with E-state index in [-0.39, 0.29) is 5.43 Å². The van der Waals surface area contributed by atoms with Gasteiger partial charge in [0.2, 0.25) is 5.43 Å². The average Bonchev–Trinajstić information content (AvgIpc) is 2.74. The van der Waals surface area contributed by atoms with Crippen molar-refractivity contribution in [2.75, 3.05) is 0 Å². The minimum absolute atomic E-state index is 0.185. The van der Waals surface area contributed by atoms with E-state index in [1.54, 1.807) is 12.4 Å². The number of pyridine rings is 2. The van der Waals surface area contributed by atoms with Crippen LogP contribution in [0.15, 0.2) is 77.9 Å². The van der Waals surface area contributed by atoms with Crippen molar-refractivity contribution in [2.24, 2.45) is 0 Å². The summed E-state index contributed by atoms with van der Waals surface area (Å²) in [6.07, 6.45) is 3.28. The molecular formula is C22H13ClN4O. The Hall–Kier alpha value is -3.57. The zero-order chi connectivity index (χ0) is 19.1. The summed E-state index contributed by atoms with van der Waals surface area (Å²) < 4.78 is 0. The smallest absolute Gasteiger partial charge is 0.209 e. The zero-order valence-corrected chi connectivity index (χ0v) is 15.3. The van der Waals surface area contributed by atoms with Gasteiger partial charge < -0.3 is 4.98 Å². The van der Waals surface area contributed by atoms with Crippen molar-refractivity contribution < 1.29 is 0 Å². The molecule has 0 spiro atoms. The van der Waals surface area contributed by atoms with Gasteiger partial charge in [-0.3, -0.25) is 9.78 Å². The van der Waals surface area contributed by atoms with Gasteiger partial charge in [0, 0.05) is 35.0 Å². The summed E-state index contributed by atoms with van der Waals surface area (Å²) >= 11 is 6.48. The van der Waals surface area contributed by atoms with Crippen molar-refractivity contribution in [2.45, 2.75) is 0 Å². The molecule has 28 heavy (non-hydrogen) atoms. The summed E-state index contributed by atoms with van der Waals surface area (Å²) in [4.78, 5) is 29.1. The van der Waals surface area contributed by atoms with Gasteiger partial charge in [-0.25, -0.2) is 9.97 Å². The molecule has 3 aromatic heterocycles. The van der Waals surface area contributed by atoms with E-state index in [1.165, 1.54) is 6.07 Å². The largest absolute Gasteiger partial charge is 0.345 e. The number of rotatable bonds is 2. The number of nitrogens with zero attached hydrogens (tertiary/aromatic N) is 3. The van der Waals surface area contributed by atoms with E-state index in [0.29, 0.717) is 27.6 Å². The van der Waals surface area contributed by atoms with Gasteiger partial charge in [-0.05, 0) is 18.2 Å². The first kappa shape index (κ1) is 16.6. The van der Waals surface area contributed by atoms with Gasteiger partial charge in [0.05, 0.1) is 21.9 Å². The van der Waals surface area contributed by atoms with Crippen LogP contribution in [-0.2, 0) is 0 Å². The van der Waals surface area contributed by atoms with E-state index < -0.39 is 0 Å². The average molecular weight is 385 g/mol. The predicted molar refractivity (Wildman–Crippen MR) is 111 cm³/mol. The van der Waals surface area contributed by atoms with Gasteiger partial charge >= 0.3 is 0 Å². The fourth-order valence-electron chi connectivity index (χ4n) is 3.27. The Kier molecular flexibility index (Phi) is 3.88. The van der Waals surface area contributed by atoms with Crippen LogP contribution in [0.2, 0.25) is 5.02 Å². The minimum Gasteiger partial charge on any atom is -0.345 e. The number of aromatic nitrogens is 4. The number of hydrogen-bond donors (Lipinski definition) is 1. The Morgan fingerprint density at radius 1 is 0.821 bits per heavy atom. The molecule has 3 heterocycles.